The minimum atomic E-state index is -3.05. The summed E-state index contributed by atoms with van der Waals surface area (Å²) in [5.41, 5.74) is 1.19. The molecule has 2 saturated heterocycles. The highest BCUT2D eigenvalue weighted by molar-refractivity contribution is 14.0. The number of aliphatic imine (C=N–C) groups is 1. The lowest BCUT2D eigenvalue weighted by Gasteiger charge is -2.39. The summed E-state index contributed by atoms with van der Waals surface area (Å²) in [6, 6.07) is 8.18. The molecule has 0 aromatic heterocycles. The van der Waals surface area contributed by atoms with Crippen molar-refractivity contribution in [3.05, 3.63) is 24.3 Å². The molecule has 7 nitrogen and oxygen atoms in total. The molecule has 164 valence electrons. The number of hydrogen-bond acceptors (Lipinski definition) is 5. The van der Waals surface area contributed by atoms with Gasteiger partial charge in [0.05, 0.1) is 17.6 Å². The second kappa shape index (κ2) is 9.72. The van der Waals surface area contributed by atoms with Crippen LogP contribution >= 0.6 is 24.0 Å². The second-order valence-corrected chi connectivity index (χ2v) is 11.0. The fourth-order valence-electron chi connectivity index (χ4n) is 3.93. The lowest BCUT2D eigenvalue weighted by molar-refractivity contribution is 0.351. The topological polar surface area (TPSA) is 74.2 Å². The van der Waals surface area contributed by atoms with Crippen LogP contribution in [0.25, 0.3) is 0 Å². The molecule has 2 heterocycles. The first kappa shape index (κ1) is 24.0. The Morgan fingerprint density at radius 3 is 2.76 bits per heavy atom. The van der Waals surface area contributed by atoms with Crippen LogP contribution in [-0.2, 0) is 9.84 Å². The van der Waals surface area contributed by atoms with E-state index >= 15 is 0 Å². The van der Waals surface area contributed by atoms with Gasteiger partial charge >= 0.3 is 0 Å². The predicted molar refractivity (Wildman–Crippen MR) is 130 cm³/mol. The maximum absolute atomic E-state index is 12.2. The maximum atomic E-state index is 12.2. The second-order valence-electron chi connectivity index (χ2n) is 8.23. The number of benzene rings is 1. The first-order valence-corrected chi connectivity index (χ1v) is 11.5. The van der Waals surface area contributed by atoms with E-state index in [4.69, 9.17) is 4.74 Å². The lowest BCUT2D eigenvalue weighted by Crippen LogP contribution is -2.57. The average Bonchev–Trinajstić information content (AvgIpc) is 3.14. The third kappa shape index (κ3) is 5.48. The zero-order valence-electron chi connectivity index (χ0n) is 17.7. The summed E-state index contributed by atoms with van der Waals surface area (Å²) in [7, 11) is 0.397. The fraction of sp³-hybridized carbons (Fsp3) is 0.650. The van der Waals surface area contributed by atoms with Crippen molar-refractivity contribution in [2.45, 2.75) is 25.0 Å². The summed E-state index contributed by atoms with van der Waals surface area (Å²) >= 11 is 0. The molecule has 1 atom stereocenters. The van der Waals surface area contributed by atoms with Crippen LogP contribution in [0.5, 0.6) is 5.75 Å². The van der Waals surface area contributed by atoms with Crippen LogP contribution in [0.3, 0.4) is 0 Å². The summed E-state index contributed by atoms with van der Waals surface area (Å²) in [5, 5.41) is 3.47. The van der Waals surface area contributed by atoms with Crippen molar-refractivity contribution in [1.29, 1.82) is 0 Å². The van der Waals surface area contributed by atoms with Gasteiger partial charge in [-0.25, -0.2) is 8.42 Å². The third-order valence-corrected chi connectivity index (χ3v) is 8.34. The number of nitrogens with zero attached hydrogens (tertiary/aromatic N) is 3. The Hall–Kier alpha value is -1.23. The molecule has 2 aliphatic heterocycles. The minimum absolute atomic E-state index is 0. The largest absolute Gasteiger partial charge is 0.497 e. The Bertz CT molecular complexity index is 829. The van der Waals surface area contributed by atoms with Crippen molar-refractivity contribution in [2.24, 2.45) is 10.9 Å². The van der Waals surface area contributed by atoms with Crippen LogP contribution in [0, 0.1) is 5.92 Å². The molecule has 1 aromatic carbocycles. The molecule has 2 fully saturated rings. The summed E-state index contributed by atoms with van der Waals surface area (Å²) in [4.78, 5) is 8.84. The molecule has 0 saturated carbocycles. The fourth-order valence-corrected chi connectivity index (χ4v) is 5.30. The molecule has 3 rings (SSSR count). The van der Waals surface area contributed by atoms with Gasteiger partial charge in [-0.15, -0.1) is 24.0 Å². The first-order chi connectivity index (χ1) is 13.3. The van der Waals surface area contributed by atoms with Gasteiger partial charge in [0.2, 0.25) is 0 Å². The standard InChI is InChI=1S/C20H32N4O3S.HI/c1-20(2)15-24(10-11-28(20,25)26)19(21-3)22-13-16-8-9-23(14-16)17-6-5-7-18(12-17)27-4;/h5-7,12,16H,8-11,13-15H2,1-4H3,(H,21,22);1H. The summed E-state index contributed by atoms with van der Waals surface area (Å²) in [6.07, 6.45) is 1.11. The van der Waals surface area contributed by atoms with E-state index in [1.807, 2.05) is 12.1 Å². The average molecular weight is 536 g/mol. The molecule has 0 amide bonds. The number of ether oxygens (including phenoxy) is 1. The number of hydrogen-bond donors (Lipinski definition) is 1. The molecule has 0 bridgehead atoms. The van der Waals surface area contributed by atoms with Crippen molar-refractivity contribution in [1.82, 2.24) is 10.2 Å². The molecular formula is C20H33IN4O3S. The van der Waals surface area contributed by atoms with Gasteiger partial charge in [0.1, 0.15) is 5.75 Å². The maximum Gasteiger partial charge on any atom is 0.193 e. The van der Waals surface area contributed by atoms with E-state index in [-0.39, 0.29) is 29.7 Å². The Labute approximate surface area is 191 Å². The zero-order valence-corrected chi connectivity index (χ0v) is 20.9. The Morgan fingerprint density at radius 1 is 1.34 bits per heavy atom. The van der Waals surface area contributed by atoms with Crippen LogP contribution in [0.4, 0.5) is 5.69 Å². The van der Waals surface area contributed by atoms with Crippen LogP contribution < -0.4 is 15.0 Å². The number of rotatable bonds is 4. The summed E-state index contributed by atoms with van der Waals surface area (Å²) < 4.78 is 29.1. The third-order valence-electron chi connectivity index (χ3n) is 5.81. The highest BCUT2D eigenvalue weighted by Crippen LogP contribution is 2.27. The molecule has 2 aliphatic rings. The number of halogens is 1. The van der Waals surface area contributed by atoms with Crippen LogP contribution in [0.15, 0.2) is 29.3 Å². The van der Waals surface area contributed by atoms with E-state index in [0.717, 1.165) is 37.8 Å². The molecule has 9 heteroatoms. The van der Waals surface area contributed by atoms with Gasteiger partial charge in [-0.2, -0.15) is 0 Å². The van der Waals surface area contributed by atoms with Crippen LogP contribution in [-0.4, -0.2) is 76.7 Å². The van der Waals surface area contributed by atoms with E-state index in [1.165, 1.54) is 5.69 Å². The molecule has 1 N–H and O–H groups in total. The Morgan fingerprint density at radius 2 is 2.10 bits per heavy atom. The van der Waals surface area contributed by atoms with E-state index < -0.39 is 14.6 Å². The van der Waals surface area contributed by atoms with E-state index in [0.29, 0.717) is 19.0 Å². The van der Waals surface area contributed by atoms with Gasteiger partial charge in [-0.3, -0.25) is 4.99 Å². The Kier molecular flexibility index (Phi) is 8.06. The molecule has 0 spiro atoms. The highest BCUT2D eigenvalue weighted by Gasteiger charge is 2.41. The molecule has 1 unspecified atom stereocenters. The smallest absolute Gasteiger partial charge is 0.193 e. The number of nitrogens with one attached hydrogen (secondary N) is 1. The number of sulfone groups is 1. The Balaban J connectivity index is 0.00000300. The van der Waals surface area contributed by atoms with Crippen LogP contribution in [0.1, 0.15) is 20.3 Å². The normalized spacial score (nSPS) is 23.4. The van der Waals surface area contributed by atoms with Crippen molar-refractivity contribution < 1.29 is 13.2 Å². The molecular weight excluding hydrogens is 503 g/mol. The number of anilines is 1. The summed E-state index contributed by atoms with van der Waals surface area (Å²) in [5.74, 6) is 2.36. The monoisotopic (exact) mass is 536 g/mol. The van der Waals surface area contributed by atoms with Gasteiger partial charge in [-0.05, 0) is 38.3 Å². The summed E-state index contributed by atoms with van der Waals surface area (Å²) in [6.45, 7) is 7.39. The molecule has 0 aliphatic carbocycles. The van der Waals surface area contributed by atoms with Crippen LogP contribution in [0.2, 0.25) is 0 Å². The van der Waals surface area contributed by atoms with Crippen molar-refractivity contribution in [3.63, 3.8) is 0 Å². The van der Waals surface area contributed by atoms with Gasteiger partial charge in [0.25, 0.3) is 0 Å². The van der Waals surface area contributed by atoms with Gasteiger partial charge < -0.3 is 19.9 Å². The SMILES string of the molecule is CN=C(NCC1CCN(c2cccc(OC)c2)C1)N1CCS(=O)(=O)C(C)(C)C1.I. The van der Waals surface area contributed by atoms with Gasteiger partial charge in [0.15, 0.2) is 15.8 Å². The molecule has 0 radical (unpaired) electrons. The van der Waals surface area contributed by atoms with E-state index in [1.54, 1.807) is 28.0 Å². The van der Waals surface area contributed by atoms with E-state index in [2.05, 4.69) is 32.2 Å². The highest BCUT2D eigenvalue weighted by atomic mass is 127. The molecule has 1 aromatic rings. The van der Waals surface area contributed by atoms with Gasteiger partial charge in [-0.1, -0.05) is 6.07 Å². The zero-order chi connectivity index (χ0) is 20.4. The first-order valence-electron chi connectivity index (χ1n) is 9.82. The van der Waals surface area contributed by atoms with Crippen molar-refractivity contribution in [2.75, 3.05) is 57.5 Å². The number of methoxy groups -OCH3 is 1. The lowest BCUT2D eigenvalue weighted by atomic mass is 10.1. The quantitative estimate of drug-likeness (QED) is 0.362. The van der Waals surface area contributed by atoms with Crippen molar-refractivity contribution >= 4 is 45.5 Å². The molecule has 29 heavy (non-hydrogen) atoms. The number of guanidine groups is 1. The van der Waals surface area contributed by atoms with Crippen molar-refractivity contribution in [3.8, 4) is 5.75 Å². The van der Waals surface area contributed by atoms with E-state index in [9.17, 15) is 8.42 Å². The van der Waals surface area contributed by atoms with Gasteiger partial charge in [0, 0.05) is 51.5 Å². The minimum Gasteiger partial charge on any atom is -0.497 e. The predicted octanol–water partition coefficient (Wildman–Crippen LogP) is 2.22.